The molecule has 2 aromatic rings. The molecule has 6 nitrogen and oxygen atoms in total. The van der Waals surface area contributed by atoms with Gasteiger partial charge in [-0.2, -0.15) is 0 Å². The maximum absolute atomic E-state index is 13.7. The summed E-state index contributed by atoms with van der Waals surface area (Å²) in [6, 6.07) is 9.66. The van der Waals surface area contributed by atoms with Crippen molar-refractivity contribution in [2.75, 3.05) is 0 Å². The number of para-hydroxylation sites is 1. The monoisotopic (exact) mass is 290 g/mol. The zero-order valence-electron chi connectivity index (χ0n) is 10.8. The average molecular weight is 290 g/mol. The molecule has 0 aromatic heterocycles. The largest absolute Gasteiger partial charge is 0.488 e. The highest BCUT2D eigenvalue weighted by molar-refractivity contribution is 5.95. The average Bonchev–Trinajstić information content (AvgIpc) is 2.45. The Morgan fingerprint density at radius 1 is 1.24 bits per heavy atom. The lowest BCUT2D eigenvalue weighted by Crippen LogP contribution is -2.13. The Bertz CT molecular complexity index is 703. The van der Waals surface area contributed by atoms with E-state index in [1.807, 2.05) is 0 Å². The summed E-state index contributed by atoms with van der Waals surface area (Å²) in [5.41, 5.74) is 4.74. The summed E-state index contributed by atoms with van der Waals surface area (Å²) in [5, 5.41) is 10.9. The van der Waals surface area contributed by atoms with Crippen molar-refractivity contribution in [2.24, 2.45) is 5.73 Å². The molecule has 2 N–H and O–H groups in total. The van der Waals surface area contributed by atoms with E-state index in [1.165, 1.54) is 24.3 Å². The third kappa shape index (κ3) is 3.14. The quantitative estimate of drug-likeness (QED) is 0.675. The van der Waals surface area contributed by atoms with Crippen molar-refractivity contribution in [1.82, 2.24) is 0 Å². The standard InChI is InChI=1S/C14H11FN2O4/c15-11-5-3-6-12(17(19)20)10(11)8-21-13-7-2-1-4-9(13)14(16)18/h1-7H,8H2,(H2,16,18). The summed E-state index contributed by atoms with van der Waals surface area (Å²) in [6.45, 7) is -0.382. The number of hydrogen-bond acceptors (Lipinski definition) is 4. The second-order valence-corrected chi connectivity index (χ2v) is 4.14. The zero-order chi connectivity index (χ0) is 15.4. The minimum Gasteiger partial charge on any atom is -0.488 e. The molecule has 0 saturated heterocycles. The van der Waals surface area contributed by atoms with E-state index >= 15 is 0 Å². The molecule has 0 fully saturated rings. The smallest absolute Gasteiger partial charge is 0.278 e. The number of nitrogens with zero attached hydrogens (tertiary/aromatic N) is 1. The summed E-state index contributed by atoms with van der Waals surface area (Å²) in [5.74, 6) is -1.31. The Morgan fingerprint density at radius 3 is 2.62 bits per heavy atom. The van der Waals surface area contributed by atoms with E-state index in [1.54, 1.807) is 12.1 Å². The molecule has 21 heavy (non-hydrogen) atoms. The number of nitrogens with two attached hydrogens (primary N) is 1. The van der Waals surface area contributed by atoms with Crippen LogP contribution in [0.5, 0.6) is 5.75 Å². The number of nitro groups is 1. The van der Waals surface area contributed by atoms with Crippen molar-refractivity contribution in [3.63, 3.8) is 0 Å². The first kappa shape index (κ1) is 14.4. The van der Waals surface area contributed by atoms with Crippen LogP contribution in [-0.2, 0) is 6.61 Å². The Hall–Kier alpha value is -2.96. The summed E-state index contributed by atoms with van der Waals surface area (Å²) in [4.78, 5) is 21.4. The maximum Gasteiger partial charge on any atom is 0.278 e. The molecule has 0 atom stereocenters. The van der Waals surface area contributed by atoms with Gasteiger partial charge in [0.1, 0.15) is 23.7 Å². The number of nitro benzene ring substituents is 1. The van der Waals surface area contributed by atoms with Gasteiger partial charge in [0.15, 0.2) is 0 Å². The maximum atomic E-state index is 13.7. The Labute approximate surface area is 119 Å². The number of halogens is 1. The summed E-state index contributed by atoms with van der Waals surface area (Å²) in [7, 11) is 0. The van der Waals surface area contributed by atoms with Gasteiger partial charge in [-0.3, -0.25) is 14.9 Å². The molecule has 1 amide bonds. The molecule has 0 aliphatic carbocycles. The lowest BCUT2D eigenvalue weighted by Gasteiger charge is -2.10. The zero-order valence-corrected chi connectivity index (χ0v) is 10.8. The molecule has 2 aromatic carbocycles. The molecule has 0 saturated carbocycles. The van der Waals surface area contributed by atoms with Crippen LogP contribution in [0.4, 0.5) is 10.1 Å². The fourth-order valence-electron chi connectivity index (χ4n) is 1.81. The van der Waals surface area contributed by atoms with Gasteiger partial charge in [-0.25, -0.2) is 4.39 Å². The predicted molar refractivity (Wildman–Crippen MR) is 72.3 cm³/mol. The molecule has 7 heteroatoms. The molecule has 0 unspecified atom stereocenters. The molecular formula is C14H11FN2O4. The van der Waals surface area contributed by atoms with Crippen molar-refractivity contribution >= 4 is 11.6 Å². The van der Waals surface area contributed by atoms with E-state index in [-0.39, 0.29) is 29.2 Å². The molecule has 0 spiro atoms. The minimum atomic E-state index is -0.749. The first-order chi connectivity index (χ1) is 10.0. The molecule has 0 radical (unpaired) electrons. The molecule has 108 valence electrons. The van der Waals surface area contributed by atoms with Crippen LogP contribution in [0.15, 0.2) is 42.5 Å². The fraction of sp³-hybridized carbons (Fsp3) is 0.0714. The number of ether oxygens (including phenoxy) is 1. The molecule has 2 rings (SSSR count). The van der Waals surface area contributed by atoms with Crippen molar-refractivity contribution in [3.05, 3.63) is 69.5 Å². The van der Waals surface area contributed by atoms with Crippen molar-refractivity contribution in [1.29, 1.82) is 0 Å². The molecule has 0 aliphatic heterocycles. The third-order valence-corrected chi connectivity index (χ3v) is 2.82. The van der Waals surface area contributed by atoms with Crippen LogP contribution in [0.2, 0.25) is 0 Å². The normalized spacial score (nSPS) is 10.1. The van der Waals surface area contributed by atoms with Gasteiger partial charge in [0.05, 0.1) is 10.5 Å². The highest BCUT2D eigenvalue weighted by Crippen LogP contribution is 2.24. The van der Waals surface area contributed by atoms with Crippen LogP contribution >= 0.6 is 0 Å². The van der Waals surface area contributed by atoms with Gasteiger partial charge < -0.3 is 10.5 Å². The lowest BCUT2D eigenvalue weighted by atomic mass is 10.1. The van der Waals surface area contributed by atoms with E-state index in [0.29, 0.717) is 0 Å². The van der Waals surface area contributed by atoms with Gasteiger partial charge in [0.25, 0.3) is 11.6 Å². The topological polar surface area (TPSA) is 95.5 Å². The van der Waals surface area contributed by atoms with Gasteiger partial charge in [-0.1, -0.05) is 18.2 Å². The van der Waals surface area contributed by atoms with Crippen LogP contribution in [0.3, 0.4) is 0 Å². The molecular weight excluding hydrogens is 279 g/mol. The first-order valence-corrected chi connectivity index (χ1v) is 5.94. The van der Waals surface area contributed by atoms with Crippen LogP contribution in [0, 0.1) is 15.9 Å². The van der Waals surface area contributed by atoms with Crippen LogP contribution in [0.1, 0.15) is 15.9 Å². The molecule has 0 heterocycles. The number of carbonyl (C=O) groups excluding carboxylic acids is 1. The van der Waals surface area contributed by atoms with Gasteiger partial charge >= 0.3 is 0 Å². The van der Waals surface area contributed by atoms with Gasteiger partial charge in [0, 0.05) is 6.07 Å². The number of hydrogen-bond donors (Lipinski definition) is 1. The van der Waals surface area contributed by atoms with Crippen LogP contribution in [0.25, 0.3) is 0 Å². The van der Waals surface area contributed by atoms with Crippen molar-refractivity contribution in [2.45, 2.75) is 6.61 Å². The van der Waals surface area contributed by atoms with Gasteiger partial charge in [-0.15, -0.1) is 0 Å². The van der Waals surface area contributed by atoms with E-state index in [2.05, 4.69) is 0 Å². The van der Waals surface area contributed by atoms with E-state index < -0.39 is 16.6 Å². The number of primary amides is 1. The highest BCUT2D eigenvalue weighted by atomic mass is 19.1. The third-order valence-electron chi connectivity index (χ3n) is 2.82. The number of carbonyl (C=O) groups is 1. The Morgan fingerprint density at radius 2 is 1.95 bits per heavy atom. The fourth-order valence-corrected chi connectivity index (χ4v) is 1.81. The van der Waals surface area contributed by atoms with E-state index in [9.17, 15) is 19.3 Å². The number of benzene rings is 2. The van der Waals surface area contributed by atoms with Crippen LogP contribution in [-0.4, -0.2) is 10.8 Å². The highest BCUT2D eigenvalue weighted by Gasteiger charge is 2.19. The minimum absolute atomic E-state index is 0.122. The Balaban J connectivity index is 2.29. The van der Waals surface area contributed by atoms with Gasteiger partial charge in [0.2, 0.25) is 0 Å². The lowest BCUT2D eigenvalue weighted by molar-refractivity contribution is -0.386. The molecule has 0 bridgehead atoms. The summed E-state index contributed by atoms with van der Waals surface area (Å²) in [6.07, 6.45) is 0. The second kappa shape index (κ2) is 6.00. The van der Waals surface area contributed by atoms with Gasteiger partial charge in [-0.05, 0) is 18.2 Å². The van der Waals surface area contributed by atoms with E-state index in [0.717, 1.165) is 6.07 Å². The number of rotatable bonds is 5. The predicted octanol–water partition coefficient (Wildman–Crippen LogP) is 2.41. The second-order valence-electron chi connectivity index (χ2n) is 4.14. The summed E-state index contributed by atoms with van der Waals surface area (Å²) >= 11 is 0. The molecule has 0 aliphatic rings. The van der Waals surface area contributed by atoms with Crippen LogP contribution < -0.4 is 10.5 Å². The summed E-state index contributed by atoms with van der Waals surface area (Å²) < 4.78 is 19.0. The Kier molecular flexibility index (Phi) is 4.13. The first-order valence-electron chi connectivity index (χ1n) is 5.94. The van der Waals surface area contributed by atoms with Crippen molar-refractivity contribution < 1.29 is 18.8 Å². The van der Waals surface area contributed by atoms with E-state index in [4.69, 9.17) is 10.5 Å². The SMILES string of the molecule is NC(=O)c1ccccc1OCc1c(F)cccc1[N+](=O)[O-]. The number of amides is 1. The van der Waals surface area contributed by atoms with Crippen molar-refractivity contribution in [3.8, 4) is 5.75 Å².